The van der Waals surface area contributed by atoms with Crippen molar-refractivity contribution in [1.29, 1.82) is 0 Å². The Morgan fingerprint density at radius 2 is 2.19 bits per heavy atom. The van der Waals surface area contributed by atoms with Gasteiger partial charge in [0.2, 0.25) is 0 Å². The molecule has 2 rings (SSSR count). The summed E-state index contributed by atoms with van der Waals surface area (Å²) in [5, 5.41) is 9.86. The van der Waals surface area contributed by atoms with Crippen molar-refractivity contribution in [3.05, 3.63) is 36.0 Å². The van der Waals surface area contributed by atoms with E-state index in [-0.39, 0.29) is 6.42 Å². The summed E-state index contributed by atoms with van der Waals surface area (Å²) >= 11 is 0. The predicted molar refractivity (Wildman–Crippen MR) is 63.6 cm³/mol. The number of hydrogen-bond donors (Lipinski definition) is 1. The minimum absolute atomic E-state index is 0.191. The first-order valence-electron chi connectivity index (χ1n) is 5.51. The summed E-state index contributed by atoms with van der Waals surface area (Å²) in [6.07, 6.45) is 2.84. The molecule has 3 heteroatoms. The van der Waals surface area contributed by atoms with Crippen molar-refractivity contribution in [2.45, 2.75) is 26.3 Å². The minimum Gasteiger partial charge on any atom is -0.481 e. The molecule has 0 radical (unpaired) electrons. The highest BCUT2D eigenvalue weighted by Crippen LogP contribution is 2.21. The van der Waals surface area contributed by atoms with Gasteiger partial charge in [0.1, 0.15) is 0 Å². The topological polar surface area (TPSA) is 42.2 Å². The Balaban J connectivity index is 2.38. The molecule has 0 aliphatic carbocycles. The van der Waals surface area contributed by atoms with E-state index >= 15 is 0 Å². The van der Waals surface area contributed by atoms with Crippen LogP contribution in [0, 0.1) is 0 Å². The van der Waals surface area contributed by atoms with Crippen LogP contribution in [0.3, 0.4) is 0 Å². The lowest BCUT2D eigenvalue weighted by atomic mass is 10.1. The van der Waals surface area contributed by atoms with Crippen LogP contribution in [-0.4, -0.2) is 15.6 Å². The van der Waals surface area contributed by atoms with E-state index in [4.69, 9.17) is 5.11 Å². The van der Waals surface area contributed by atoms with Crippen molar-refractivity contribution in [2.24, 2.45) is 0 Å². The quantitative estimate of drug-likeness (QED) is 0.855. The van der Waals surface area contributed by atoms with E-state index in [9.17, 15) is 4.79 Å². The highest BCUT2D eigenvalue weighted by molar-refractivity contribution is 5.84. The molecule has 2 aromatic rings. The van der Waals surface area contributed by atoms with Crippen LogP contribution < -0.4 is 0 Å². The number of carbonyl (C=O) groups is 1. The molecule has 0 atom stereocenters. The third-order valence-corrected chi connectivity index (χ3v) is 2.85. The summed E-state index contributed by atoms with van der Waals surface area (Å²) < 4.78 is 2.17. The van der Waals surface area contributed by atoms with E-state index in [1.165, 1.54) is 10.9 Å². The molecule has 0 bridgehead atoms. The van der Waals surface area contributed by atoms with Crippen molar-refractivity contribution in [3.8, 4) is 0 Å². The Kier molecular flexibility index (Phi) is 2.95. The largest absolute Gasteiger partial charge is 0.481 e. The molecule has 0 aliphatic heterocycles. The predicted octanol–water partition coefficient (Wildman–Crippen LogP) is 2.68. The molecule has 1 heterocycles. The zero-order chi connectivity index (χ0) is 11.5. The number of aliphatic carboxylic acids is 1. The number of carboxylic acids is 1. The molecule has 0 unspecified atom stereocenters. The van der Waals surface area contributed by atoms with E-state index in [2.05, 4.69) is 29.8 Å². The van der Waals surface area contributed by atoms with Gasteiger partial charge in [0, 0.05) is 30.1 Å². The van der Waals surface area contributed by atoms with E-state index in [1.807, 2.05) is 12.1 Å². The van der Waals surface area contributed by atoms with Crippen molar-refractivity contribution in [2.75, 3.05) is 0 Å². The van der Waals surface area contributed by atoms with Gasteiger partial charge in [-0.1, -0.05) is 12.1 Å². The third kappa shape index (κ3) is 1.94. The summed E-state index contributed by atoms with van der Waals surface area (Å²) in [6.45, 7) is 3.04. The van der Waals surface area contributed by atoms with E-state index in [0.29, 0.717) is 6.42 Å². The van der Waals surface area contributed by atoms with Gasteiger partial charge in [-0.2, -0.15) is 0 Å². The molecule has 0 spiro atoms. The van der Waals surface area contributed by atoms with Crippen molar-refractivity contribution >= 4 is 16.9 Å². The molecule has 1 N–H and O–H groups in total. The Labute approximate surface area is 94.3 Å². The number of carboxylic acid groups (broad SMARTS) is 1. The van der Waals surface area contributed by atoms with Crippen LogP contribution in [0.15, 0.2) is 30.5 Å². The second-order valence-corrected chi connectivity index (χ2v) is 3.85. The van der Waals surface area contributed by atoms with Gasteiger partial charge in [0.15, 0.2) is 0 Å². The molecule has 0 aliphatic rings. The van der Waals surface area contributed by atoms with Gasteiger partial charge >= 0.3 is 5.97 Å². The summed E-state index contributed by atoms with van der Waals surface area (Å²) in [5.74, 6) is -0.744. The fraction of sp³-hybridized carbons (Fsp3) is 0.308. The lowest BCUT2D eigenvalue weighted by Gasteiger charge is -2.04. The average Bonchev–Trinajstić information content (AvgIpc) is 2.69. The highest BCUT2D eigenvalue weighted by atomic mass is 16.4. The maximum atomic E-state index is 10.6. The number of benzene rings is 1. The average molecular weight is 217 g/mol. The van der Waals surface area contributed by atoms with Crippen molar-refractivity contribution in [1.82, 2.24) is 4.57 Å². The maximum absolute atomic E-state index is 10.6. The van der Waals surface area contributed by atoms with Gasteiger partial charge in [0.25, 0.3) is 0 Å². The van der Waals surface area contributed by atoms with E-state index < -0.39 is 5.97 Å². The Morgan fingerprint density at radius 3 is 2.88 bits per heavy atom. The molecule has 0 amide bonds. The number of nitrogens with zero attached hydrogens (tertiary/aromatic N) is 1. The second kappa shape index (κ2) is 4.39. The van der Waals surface area contributed by atoms with Gasteiger partial charge in [-0.25, -0.2) is 0 Å². The summed E-state index contributed by atoms with van der Waals surface area (Å²) in [4.78, 5) is 10.6. The van der Waals surface area contributed by atoms with Crippen molar-refractivity contribution < 1.29 is 9.90 Å². The zero-order valence-corrected chi connectivity index (χ0v) is 9.31. The number of aryl methyl sites for hydroxylation is 2. The number of aromatic nitrogens is 1. The highest BCUT2D eigenvalue weighted by Gasteiger charge is 2.06. The first-order chi connectivity index (χ1) is 7.72. The summed E-state index contributed by atoms with van der Waals surface area (Å²) in [5.41, 5.74) is 2.30. The van der Waals surface area contributed by atoms with Crippen LogP contribution in [0.25, 0.3) is 10.9 Å². The normalized spacial score (nSPS) is 10.8. The second-order valence-electron chi connectivity index (χ2n) is 3.85. The molecular weight excluding hydrogens is 202 g/mol. The van der Waals surface area contributed by atoms with Crippen LogP contribution in [0.1, 0.15) is 18.9 Å². The van der Waals surface area contributed by atoms with Gasteiger partial charge < -0.3 is 9.67 Å². The molecule has 0 fully saturated rings. The summed E-state index contributed by atoms with van der Waals surface area (Å²) in [7, 11) is 0. The minimum atomic E-state index is -0.744. The maximum Gasteiger partial charge on any atom is 0.303 e. The number of fused-ring (bicyclic) bond motifs is 1. The zero-order valence-electron chi connectivity index (χ0n) is 9.31. The van der Waals surface area contributed by atoms with Crippen LogP contribution in [0.5, 0.6) is 0 Å². The molecule has 1 aromatic heterocycles. The summed E-state index contributed by atoms with van der Waals surface area (Å²) in [6, 6.07) is 8.13. The molecule has 3 nitrogen and oxygen atoms in total. The number of hydrogen-bond acceptors (Lipinski definition) is 1. The number of rotatable bonds is 4. The lowest BCUT2D eigenvalue weighted by molar-refractivity contribution is -0.136. The smallest absolute Gasteiger partial charge is 0.303 e. The van der Waals surface area contributed by atoms with Gasteiger partial charge in [0.05, 0.1) is 0 Å². The van der Waals surface area contributed by atoms with E-state index in [1.54, 1.807) is 0 Å². The Bertz CT molecular complexity index is 514. The molecule has 0 saturated heterocycles. The van der Waals surface area contributed by atoms with Crippen LogP contribution in [-0.2, 0) is 17.8 Å². The molecular formula is C13H15NO2. The fourth-order valence-electron chi connectivity index (χ4n) is 2.02. The fourth-order valence-corrected chi connectivity index (χ4v) is 2.02. The molecule has 0 saturated carbocycles. The van der Waals surface area contributed by atoms with E-state index in [0.717, 1.165) is 12.1 Å². The van der Waals surface area contributed by atoms with Crippen LogP contribution in [0.4, 0.5) is 0 Å². The lowest BCUT2D eigenvalue weighted by Crippen LogP contribution is -1.98. The van der Waals surface area contributed by atoms with Gasteiger partial charge in [-0.15, -0.1) is 0 Å². The monoisotopic (exact) mass is 217 g/mol. The first kappa shape index (κ1) is 10.7. The van der Waals surface area contributed by atoms with Crippen LogP contribution >= 0.6 is 0 Å². The van der Waals surface area contributed by atoms with Gasteiger partial charge in [-0.3, -0.25) is 4.79 Å². The third-order valence-electron chi connectivity index (χ3n) is 2.85. The van der Waals surface area contributed by atoms with Crippen LogP contribution in [0.2, 0.25) is 0 Å². The first-order valence-corrected chi connectivity index (χ1v) is 5.51. The Morgan fingerprint density at radius 1 is 1.38 bits per heavy atom. The molecule has 16 heavy (non-hydrogen) atoms. The van der Waals surface area contributed by atoms with Gasteiger partial charge in [-0.05, 0) is 31.0 Å². The Hall–Kier alpha value is -1.77. The standard InChI is InChI=1S/C13H15NO2/c1-2-14-9-8-11-10(6-7-13(15)16)4-3-5-12(11)14/h3-5,8-9H,2,6-7H2,1H3,(H,15,16). The molecule has 1 aromatic carbocycles. The van der Waals surface area contributed by atoms with Crippen molar-refractivity contribution in [3.63, 3.8) is 0 Å². The molecule has 84 valence electrons. The SMILES string of the molecule is CCn1ccc2c(CCC(=O)O)cccc21.